The minimum atomic E-state index is -0.307. The van der Waals surface area contributed by atoms with E-state index in [1.54, 1.807) is 7.11 Å². The fourth-order valence-corrected chi connectivity index (χ4v) is 8.96. The Hall–Kier alpha value is -2.08. The van der Waals surface area contributed by atoms with Crippen LogP contribution in [0, 0.1) is 11.8 Å². The molecule has 3 aliphatic heterocycles. The molecule has 1 N–H and O–H groups in total. The van der Waals surface area contributed by atoms with Gasteiger partial charge in [-0.15, -0.1) is 0 Å². The lowest BCUT2D eigenvalue weighted by atomic mass is 9.50. The van der Waals surface area contributed by atoms with Crippen LogP contribution < -0.4 is 4.74 Å². The Morgan fingerprint density at radius 1 is 1.11 bits per heavy atom. The van der Waals surface area contributed by atoms with Crippen molar-refractivity contribution in [1.29, 1.82) is 0 Å². The first kappa shape index (κ1) is 23.1. The van der Waals surface area contributed by atoms with Crippen molar-refractivity contribution < 1.29 is 14.6 Å². The molecule has 4 fully saturated rings. The molecule has 0 radical (unpaired) electrons. The van der Waals surface area contributed by atoms with Gasteiger partial charge in [0.05, 0.1) is 18.8 Å². The molecule has 3 heterocycles. The molecular weight excluding hydrogens is 448 g/mol. The van der Waals surface area contributed by atoms with Gasteiger partial charge in [0.2, 0.25) is 0 Å². The molecule has 0 aromatic heterocycles. The van der Waals surface area contributed by atoms with E-state index in [0.717, 1.165) is 50.4 Å². The van der Waals surface area contributed by atoms with Crippen molar-refractivity contribution in [2.45, 2.75) is 81.7 Å². The number of nitrogens with zero attached hydrogens (tertiary/aromatic N) is 2. The highest BCUT2D eigenvalue weighted by Gasteiger charge is 2.74. The predicted molar refractivity (Wildman–Crippen MR) is 140 cm³/mol. The summed E-state index contributed by atoms with van der Waals surface area (Å²) in [6.07, 6.45) is 6.00. The molecule has 5 nitrogen and oxygen atoms in total. The van der Waals surface area contributed by atoms with E-state index < -0.39 is 0 Å². The summed E-state index contributed by atoms with van der Waals surface area (Å²) in [6.45, 7) is 8.94. The number of rotatable bonds is 6. The van der Waals surface area contributed by atoms with E-state index in [0.29, 0.717) is 29.5 Å². The zero-order valence-electron chi connectivity index (χ0n) is 22.0. The highest BCUT2D eigenvalue weighted by Crippen LogP contribution is 2.67. The fraction of sp³-hybridized carbons (Fsp3) is 0.613. The van der Waals surface area contributed by atoms with Gasteiger partial charge in [0.25, 0.3) is 0 Å². The van der Waals surface area contributed by atoms with E-state index in [9.17, 15) is 5.11 Å². The molecule has 2 bridgehead atoms. The van der Waals surface area contributed by atoms with Gasteiger partial charge in [0.15, 0.2) is 11.5 Å². The second-order valence-electron chi connectivity index (χ2n) is 12.2. The third kappa shape index (κ3) is 3.06. The summed E-state index contributed by atoms with van der Waals surface area (Å²) < 4.78 is 13.0. The summed E-state index contributed by atoms with van der Waals surface area (Å²) >= 11 is 0. The number of phenolic OH excluding ortho intramolecular Hbond substituents is 1. The highest BCUT2D eigenvalue weighted by molar-refractivity contribution is 5.59. The van der Waals surface area contributed by atoms with Crippen molar-refractivity contribution in [1.82, 2.24) is 9.80 Å². The van der Waals surface area contributed by atoms with E-state index in [1.807, 2.05) is 6.07 Å². The molecule has 5 aliphatic rings. The molecule has 0 amide bonds. The maximum Gasteiger partial charge on any atom is 0.161 e. The number of methoxy groups -OCH3 is 1. The zero-order chi connectivity index (χ0) is 24.7. The van der Waals surface area contributed by atoms with Crippen LogP contribution in [0.3, 0.4) is 0 Å². The van der Waals surface area contributed by atoms with Crippen LogP contribution in [0.2, 0.25) is 0 Å². The lowest BCUT2D eigenvalue weighted by molar-refractivity contribution is -0.145. The first-order chi connectivity index (χ1) is 17.5. The average Bonchev–Trinajstić information content (AvgIpc) is 3.56. The number of benzene rings is 2. The third-order valence-corrected chi connectivity index (χ3v) is 10.6. The van der Waals surface area contributed by atoms with Gasteiger partial charge in [-0.05, 0) is 68.7 Å². The number of likely N-dealkylation sites (tertiary alicyclic amines) is 2. The van der Waals surface area contributed by atoms with Gasteiger partial charge >= 0.3 is 0 Å². The molecule has 3 saturated heterocycles. The SMILES string of the molecule is CCC1C2[C@H](CN1Cc1ccccc1)OC1(C)C3Cc4ccc(OC)c(O)c4C21CCN3CC1CC1. The van der Waals surface area contributed by atoms with Crippen molar-refractivity contribution in [2.75, 3.05) is 26.7 Å². The molecular formula is C31H40N2O3. The largest absolute Gasteiger partial charge is 0.504 e. The Morgan fingerprint density at radius 3 is 2.64 bits per heavy atom. The monoisotopic (exact) mass is 488 g/mol. The number of hydrogen-bond donors (Lipinski definition) is 1. The average molecular weight is 489 g/mol. The smallest absolute Gasteiger partial charge is 0.161 e. The van der Waals surface area contributed by atoms with Gasteiger partial charge in [0, 0.05) is 48.6 Å². The molecule has 2 aromatic rings. The normalized spacial score (nSPS) is 37.4. The molecule has 1 saturated carbocycles. The van der Waals surface area contributed by atoms with Crippen LogP contribution in [0.1, 0.15) is 56.2 Å². The van der Waals surface area contributed by atoms with Gasteiger partial charge in [-0.3, -0.25) is 9.80 Å². The molecule has 5 heteroatoms. The van der Waals surface area contributed by atoms with Gasteiger partial charge < -0.3 is 14.6 Å². The number of phenols is 1. The Balaban J connectivity index is 1.35. The second kappa shape index (κ2) is 8.21. The van der Waals surface area contributed by atoms with Gasteiger partial charge in [0.1, 0.15) is 0 Å². The molecule has 2 aliphatic carbocycles. The van der Waals surface area contributed by atoms with Crippen LogP contribution >= 0.6 is 0 Å². The van der Waals surface area contributed by atoms with Crippen molar-refractivity contribution in [3.63, 3.8) is 0 Å². The van der Waals surface area contributed by atoms with E-state index in [2.05, 4.69) is 60.0 Å². The van der Waals surface area contributed by atoms with Crippen LogP contribution in [0.4, 0.5) is 0 Å². The Bertz CT molecular complexity index is 1150. The molecule has 0 spiro atoms. The Labute approximate surface area is 215 Å². The molecule has 2 aromatic carbocycles. The maximum absolute atomic E-state index is 11.7. The van der Waals surface area contributed by atoms with Crippen molar-refractivity contribution in [2.24, 2.45) is 11.8 Å². The summed E-state index contributed by atoms with van der Waals surface area (Å²) in [5.41, 5.74) is 3.29. The lowest BCUT2D eigenvalue weighted by Gasteiger charge is -2.61. The summed E-state index contributed by atoms with van der Waals surface area (Å²) in [4.78, 5) is 5.42. The number of hydrogen-bond acceptors (Lipinski definition) is 5. The van der Waals surface area contributed by atoms with Crippen molar-refractivity contribution in [3.8, 4) is 11.5 Å². The molecule has 36 heavy (non-hydrogen) atoms. The van der Waals surface area contributed by atoms with E-state index in [-0.39, 0.29) is 17.1 Å². The second-order valence-corrected chi connectivity index (χ2v) is 12.2. The van der Waals surface area contributed by atoms with Crippen LogP contribution in [0.5, 0.6) is 11.5 Å². The van der Waals surface area contributed by atoms with Gasteiger partial charge in [-0.2, -0.15) is 0 Å². The highest BCUT2D eigenvalue weighted by atomic mass is 16.5. The Morgan fingerprint density at radius 2 is 1.92 bits per heavy atom. The van der Waals surface area contributed by atoms with Crippen LogP contribution in [0.25, 0.3) is 0 Å². The number of ether oxygens (including phenoxy) is 2. The van der Waals surface area contributed by atoms with E-state index in [1.165, 1.54) is 30.5 Å². The summed E-state index contributed by atoms with van der Waals surface area (Å²) in [5.74, 6) is 2.17. The first-order valence-electron chi connectivity index (χ1n) is 14.1. The fourth-order valence-electron chi connectivity index (χ4n) is 8.96. The topological polar surface area (TPSA) is 45.2 Å². The maximum atomic E-state index is 11.7. The van der Waals surface area contributed by atoms with Crippen molar-refractivity contribution >= 4 is 0 Å². The Kier molecular flexibility index (Phi) is 5.26. The lowest BCUT2D eigenvalue weighted by Crippen LogP contribution is -2.71. The molecule has 7 rings (SSSR count). The van der Waals surface area contributed by atoms with E-state index >= 15 is 0 Å². The number of fused-ring (bicyclic) bond motifs is 2. The first-order valence-corrected chi connectivity index (χ1v) is 14.1. The third-order valence-electron chi connectivity index (χ3n) is 10.6. The number of aromatic hydroxyl groups is 1. The van der Waals surface area contributed by atoms with Gasteiger partial charge in [-0.25, -0.2) is 0 Å². The predicted octanol–water partition coefficient (Wildman–Crippen LogP) is 4.75. The van der Waals surface area contributed by atoms with Gasteiger partial charge in [-0.1, -0.05) is 43.3 Å². The molecule has 5 unspecified atom stereocenters. The number of piperidine rings is 1. The summed E-state index contributed by atoms with van der Waals surface area (Å²) in [5, 5.41) is 11.7. The van der Waals surface area contributed by atoms with Crippen LogP contribution in [-0.2, 0) is 23.1 Å². The molecule has 192 valence electrons. The summed E-state index contributed by atoms with van der Waals surface area (Å²) in [7, 11) is 1.67. The van der Waals surface area contributed by atoms with Crippen LogP contribution in [-0.4, -0.2) is 65.4 Å². The van der Waals surface area contributed by atoms with E-state index in [4.69, 9.17) is 9.47 Å². The molecule has 6 atom stereocenters. The van der Waals surface area contributed by atoms with Crippen molar-refractivity contribution in [3.05, 3.63) is 59.2 Å². The quantitative estimate of drug-likeness (QED) is 0.636. The standard InChI is InChI=1S/C31H40N2O3/c1-4-23-28-25(19-33(23)18-20-8-6-5-7-9-20)36-30(2)26-16-22-12-13-24(35-3)29(34)27(22)31(28,30)14-15-32(26)17-21-10-11-21/h5-9,12-13,21,23,25-26,28,34H,4,10-11,14-19H2,1-3H3/t23?,25-,26?,28?,30?,31?/m0/s1. The summed E-state index contributed by atoms with van der Waals surface area (Å²) in [6, 6.07) is 15.8. The zero-order valence-corrected chi connectivity index (χ0v) is 22.0. The minimum Gasteiger partial charge on any atom is -0.504 e. The minimum absolute atomic E-state index is 0.184. The van der Waals surface area contributed by atoms with Crippen LogP contribution in [0.15, 0.2) is 42.5 Å².